The highest BCUT2D eigenvalue weighted by Crippen LogP contribution is 2.31. The van der Waals surface area contributed by atoms with Crippen LogP contribution in [0.25, 0.3) is 0 Å². The molecule has 0 radical (unpaired) electrons. The van der Waals surface area contributed by atoms with Crippen molar-refractivity contribution in [2.24, 2.45) is 11.7 Å². The van der Waals surface area contributed by atoms with Crippen LogP contribution < -0.4 is 10.5 Å². The van der Waals surface area contributed by atoms with E-state index >= 15 is 0 Å². The van der Waals surface area contributed by atoms with Crippen LogP contribution in [0.4, 0.5) is 4.39 Å². The van der Waals surface area contributed by atoms with Gasteiger partial charge in [-0.05, 0) is 37.9 Å². The standard InChI is InChI=1S/C20H22ClFN2O2/c1-13-9-14(11-23)12-24(13)20(25)19(15-5-3-2-4-6-15)26-16-7-8-18(22)17(21)10-16/h2-8,10,13-14,19H,9,11-12,23H2,1H3. The molecule has 2 N–H and O–H groups in total. The molecule has 2 aromatic rings. The van der Waals surface area contributed by atoms with Crippen molar-refractivity contribution in [1.82, 2.24) is 4.90 Å². The highest BCUT2D eigenvalue weighted by molar-refractivity contribution is 6.30. The molecule has 0 aromatic heterocycles. The predicted octanol–water partition coefficient (Wildman–Crippen LogP) is 3.79. The molecule has 0 spiro atoms. The molecule has 26 heavy (non-hydrogen) atoms. The zero-order valence-electron chi connectivity index (χ0n) is 14.6. The Labute approximate surface area is 157 Å². The van der Waals surface area contributed by atoms with Crippen LogP contribution in [0, 0.1) is 11.7 Å². The summed E-state index contributed by atoms with van der Waals surface area (Å²) in [5, 5.41) is -0.0421. The van der Waals surface area contributed by atoms with E-state index in [2.05, 4.69) is 0 Å². The highest BCUT2D eigenvalue weighted by atomic mass is 35.5. The molecule has 0 bridgehead atoms. The molecule has 1 heterocycles. The fraction of sp³-hybridized carbons (Fsp3) is 0.350. The number of carbonyl (C=O) groups excluding carboxylic acids is 1. The zero-order chi connectivity index (χ0) is 18.7. The first-order valence-electron chi connectivity index (χ1n) is 8.66. The molecule has 1 aliphatic heterocycles. The van der Waals surface area contributed by atoms with Crippen LogP contribution in [0.3, 0.4) is 0 Å². The third-order valence-corrected chi connectivity index (χ3v) is 5.04. The van der Waals surface area contributed by atoms with Crippen LogP contribution in [0.1, 0.15) is 25.0 Å². The number of ether oxygens (including phenoxy) is 1. The van der Waals surface area contributed by atoms with Gasteiger partial charge in [-0.1, -0.05) is 41.9 Å². The van der Waals surface area contributed by atoms with E-state index in [1.165, 1.54) is 18.2 Å². The summed E-state index contributed by atoms with van der Waals surface area (Å²) in [5.74, 6) is -0.00730. The molecule has 0 aliphatic carbocycles. The van der Waals surface area contributed by atoms with E-state index in [0.29, 0.717) is 24.8 Å². The summed E-state index contributed by atoms with van der Waals surface area (Å²) in [6.45, 7) is 3.19. The Bertz CT molecular complexity index is 772. The quantitative estimate of drug-likeness (QED) is 0.863. The van der Waals surface area contributed by atoms with Crippen LogP contribution in [-0.2, 0) is 4.79 Å². The first-order chi connectivity index (χ1) is 12.5. The van der Waals surface area contributed by atoms with Gasteiger partial charge in [-0.3, -0.25) is 4.79 Å². The SMILES string of the molecule is CC1CC(CN)CN1C(=O)C(Oc1ccc(F)c(Cl)c1)c1ccccc1. The van der Waals surface area contributed by atoms with E-state index in [1.807, 2.05) is 42.2 Å². The Morgan fingerprint density at radius 2 is 2.08 bits per heavy atom. The normalized spacial score (nSPS) is 20.8. The Hall–Kier alpha value is -2.11. The number of hydrogen-bond donors (Lipinski definition) is 1. The monoisotopic (exact) mass is 376 g/mol. The fourth-order valence-corrected chi connectivity index (χ4v) is 3.52. The fourth-order valence-electron chi connectivity index (χ4n) is 3.35. The smallest absolute Gasteiger partial charge is 0.268 e. The molecule has 1 amide bonds. The van der Waals surface area contributed by atoms with Crippen molar-refractivity contribution in [3.63, 3.8) is 0 Å². The lowest BCUT2D eigenvalue weighted by atomic mass is 10.1. The number of carbonyl (C=O) groups is 1. The van der Waals surface area contributed by atoms with Gasteiger partial charge in [-0.25, -0.2) is 4.39 Å². The van der Waals surface area contributed by atoms with Crippen molar-refractivity contribution in [2.75, 3.05) is 13.1 Å². The van der Waals surface area contributed by atoms with E-state index in [1.54, 1.807) is 0 Å². The highest BCUT2D eigenvalue weighted by Gasteiger charge is 2.36. The van der Waals surface area contributed by atoms with E-state index < -0.39 is 11.9 Å². The molecule has 4 nitrogen and oxygen atoms in total. The Kier molecular flexibility index (Phi) is 5.79. The van der Waals surface area contributed by atoms with E-state index in [9.17, 15) is 9.18 Å². The minimum absolute atomic E-state index is 0.0421. The van der Waals surface area contributed by atoms with Gasteiger partial charge < -0.3 is 15.4 Å². The van der Waals surface area contributed by atoms with Gasteiger partial charge >= 0.3 is 0 Å². The van der Waals surface area contributed by atoms with E-state index in [4.69, 9.17) is 22.1 Å². The van der Waals surface area contributed by atoms with Gasteiger partial charge in [-0.15, -0.1) is 0 Å². The Morgan fingerprint density at radius 1 is 1.35 bits per heavy atom. The Morgan fingerprint density at radius 3 is 2.69 bits per heavy atom. The van der Waals surface area contributed by atoms with E-state index in [-0.39, 0.29) is 17.0 Å². The zero-order valence-corrected chi connectivity index (χ0v) is 15.3. The van der Waals surface area contributed by atoms with Crippen molar-refractivity contribution in [3.8, 4) is 5.75 Å². The van der Waals surface area contributed by atoms with E-state index in [0.717, 1.165) is 12.0 Å². The van der Waals surface area contributed by atoms with Crippen molar-refractivity contribution >= 4 is 17.5 Å². The van der Waals surface area contributed by atoms with Gasteiger partial charge in [0.25, 0.3) is 5.91 Å². The molecule has 1 aliphatic rings. The average molecular weight is 377 g/mol. The molecule has 0 saturated carbocycles. The van der Waals surface area contributed by atoms with Gasteiger partial charge in [0, 0.05) is 24.2 Å². The number of hydrogen-bond acceptors (Lipinski definition) is 3. The minimum Gasteiger partial charge on any atom is -0.476 e. The maximum absolute atomic E-state index is 13.4. The number of nitrogens with zero attached hydrogens (tertiary/aromatic N) is 1. The second-order valence-corrected chi connectivity index (χ2v) is 7.07. The van der Waals surface area contributed by atoms with Crippen LogP contribution >= 0.6 is 11.6 Å². The van der Waals surface area contributed by atoms with Crippen LogP contribution in [0.5, 0.6) is 5.75 Å². The van der Waals surface area contributed by atoms with Gasteiger partial charge in [0.1, 0.15) is 11.6 Å². The van der Waals surface area contributed by atoms with Crippen molar-refractivity contribution < 1.29 is 13.9 Å². The van der Waals surface area contributed by atoms with Gasteiger partial charge in [0.15, 0.2) is 0 Å². The first kappa shape index (κ1) is 18.7. The lowest BCUT2D eigenvalue weighted by Gasteiger charge is -2.28. The second kappa shape index (κ2) is 8.06. The number of rotatable bonds is 5. The third-order valence-electron chi connectivity index (χ3n) is 4.75. The summed E-state index contributed by atoms with van der Waals surface area (Å²) in [5.41, 5.74) is 6.52. The Balaban J connectivity index is 1.88. The number of likely N-dealkylation sites (tertiary alicyclic amines) is 1. The molecular weight excluding hydrogens is 355 g/mol. The first-order valence-corrected chi connectivity index (χ1v) is 9.04. The molecule has 6 heteroatoms. The molecule has 1 saturated heterocycles. The lowest BCUT2D eigenvalue weighted by molar-refractivity contribution is -0.139. The molecule has 3 atom stereocenters. The molecule has 138 valence electrons. The maximum Gasteiger partial charge on any atom is 0.268 e. The molecule has 2 aromatic carbocycles. The van der Waals surface area contributed by atoms with Gasteiger partial charge in [0.2, 0.25) is 6.10 Å². The third kappa shape index (κ3) is 4.00. The molecule has 3 unspecified atom stereocenters. The largest absolute Gasteiger partial charge is 0.476 e. The topological polar surface area (TPSA) is 55.6 Å². The summed E-state index contributed by atoms with van der Waals surface area (Å²) in [6, 6.07) is 13.5. The molecule has 3 rings (SSSR count). The average Bonchev–Trinajstić information content (AvgIpc) is 3.03. The minimum atomic E-state index is -0.822. The lowest BCUT2D eigenvalue weighted by Crippen LogP contribution is -2.39. The summed E-state index contributed by atoms with van der Waals surface area (Å²) in [4.78, 5) is 15.0. The summed E-state index contributed by atoms with van der Waals surface area (Å²) < 4.78 is 19.4. The molecular formula is C20H22ClFN2O2. The summed E-state index contributed by atoms with van der Waals surface area (Å²) in [6.07, 6.45) is 0.0586. The second-order valence-electron chi connectivity index (χ2n) is 6.66. The van der Waals surface area contributed by atoms with Gasteiger partial charge in [0.05, 0.1) is 5.02 Å². The predicted molar refractivity (Wildman–Crippen MR) is 99.6 cm³/mol. The van der Waals surface area contributed by atoms with Gasteiger partial charge in [-0.2, -0.15) is 0 Å². The summed E-state index contributed by atoms with van der Waals surface area (Å²) in [7, 11) is 0. The van der Waals surface area contributed by atoms with Crippen molar-refractivity contribution in [2.45, 2.75) is 25.5 Å². The maximum atomic E-state index is 13.4. The number of nitrogens with two attached hydrogens (primary N) is 1. The van der Waals surface area contributed by atoms with Crippen molar-refractivity contribution in [3.05, 3.63) is 64.9 Å². The van der Waals surface area contributed by atoms with Crippen LogP contribution in [0.2, 0.25) is 5.02 Å². The number of halogens is 2. The van der Waals surface area contributed by atoms with Crippen LogP contribution in [0.15, 0.2) is 48.5 Å². The summed E-state index contributed by atoms with van der Waals surface area (Å²) >= 11 is 5.85. The molecule has 1 fully saturated rings. The number of benzene rings is 2. The number of amides is 1. The van der Waals surface area contributed by atoms with Crippen LogP contribution in [-0.4, -0.2) is 29.9 Å². The van der Waals surface area contributed by atoms with Crippen molar-refractivity contribution in [1.29, 1.82) is 0 Å².